The van der Waals surface area contributed by atoms with Crippen molar-refractivity contribution in [3.05, 3.63) is 23.5 Å². The highest BCUT2D eigenvalue weighted by Gasteiger charge is 1.87. The van der Waals surface area contributed by atoms with E-state index in [1.54, 1.807) is 0 Å². The van der Waals surface area contributed by atoms with Crippen molar-refractivity contribution in [1.82, 2.24) is 4.98 Å². The Morgan fingerprint density at radius 3 is 2.20 bits per heavy atom. The summed E-state index contributed by atoms with van der Waals surface area (Å²) >= 11 is 0. The van der Waals surface area contributed by atoms with E-state index in [0.29, 0.717) is 0 Å². The van der Waals surface area contributed by atoms with E-state index in [2.05, 4.69) is 24.9 Å². The number of H-pyrrole nitrogens is 1. The van der Waals surface area contributed by atoms with Gasteiger partial charge in [0, 0.05) is 11.9 Å². The molecule has 1 rings (SSSR count). The predicted octanol–water partition coefficient (Wildman–Crippen LogP) is 2.91. The normalized spacial score (nSPS) is 8.40. The SMILES string of the molecule is CC.CCc1cc(C)c[nH]1. The van der Waals surface area contributed by atoms with Gasteiger partial charge in [0.25, 0.3) is 0 Å². The fourth-order valence-corrected chi connectivity index (χ4v) is 0.769. The van der Waals surface area contributed by atoms with E-state index in [1.165, 1.54) is 11.3 Å². The summed E-state index contributed by atoms with van der Waals surface area (Å²) in [6.07, 6.45) is 3.13. The molecule has 1 N–H and O–H groups in total. The second-order valence-electron chi connectivity index (χ2n) is 2.06. The van der Waals surface area contributed by atoms with E-state index in [4.69, 9.17) is 0 Å². The summed E-state index contributed by atoms with van der Waals surface area (Å²) in [6.45, 7) is 8.24. The highest BCUT2D eigenvalue weighted by molar-refractivity contribution is 5.14. The van der Waals surface area contributed by atoms with E-state index in [1.807, 2.05) is 20.0 Å². The lowest BCUT2D eigenvalue weighted by Gasteiger charge is -1.81. The average Bonchev–Trinajstić information content (AvgIpc) is 2.40. The predicted molar refractivity (Wildman–Crippen MR) is 46.3 cm³/mol. The average molecular weight is 139 g/mol. The number of hydrogen-bond acceptors (Lipinski definition) is 0. The van der Waals surface area contributed by atoms with Gasteiger partial charge in [-0.05, 0) is 25.0 Å². The number of aromatic amines is 1. The summed E-state index contributed by atoms with van der Waals surface area (Å²) in [5.74, 6) is 0. The summed E-state index contributed by atoms with van der Waals surface area (Å²) in [6, 6.07) is 2.17. The minimum absolute atomic E-state index is 1.10. The molecule has 0 atom stereocenters. The van der Waals surface area contributed by atoms with Crippen LogP contribution < -0.4 is 0 Å². The second kappa shape index (κ2) is 5.10. The van der Waals surface area contributed by atoms with Crippen molar-refractivity contribution in [3.8, 4) is 0 Å². The van der Waals surface area contributed by atoms with Crippen LogP contribution >= 0.6 is 0 Å². The molecule has 0 spiro atoms. The zero-order chi connectivity index (χ0) is 7.98. The third kappa shape index (κ3) is 2.72. The van der Waals surface area contributed by atoms with E-state index in [-0.39, 0.29) is 0 Å². The molecule has 10 heavy (non-hydrogen) atoms. The second-order valence-corrected chi connectivity index (χ2v) is 2.06. The zero-order valence-corrected chi connectivity index (χ0v) is 7.36. The number of aryl methyl sites for hydroxylation is 2. The highest BCUT2D eigenvalue weighted by Crippen LogP contribution is 2.00. The van der Waals surface area contributed by atoms with Gasteiger partial charge in [-0.15, -0.1) is 0 Å². The summed E-state index contributed by atoms with van der Waals surface area (Å²) in [7, 11) is 0. The molecule has 0 aliphatic carbocycles. The van der Waals surface area contributed by atoms with E-state index in [0.717, 1.165) is 6.42 Å². The van der Waals surface area contributed by atoms with Crippen LogP contribution in [0.4, 0.5) is 0 Å². The van der Waals surface area contributed by atoms with Gasteiger partial charge in [-0.1, -0.05) is 20.8 Å². The monoisotopic (exact) mass is 139 g/mol. The van der Waals surface area contributed by atoms with Crippen LogP contribution in [0.5, 0.6) is 0 Å². The molecule has 1 heteroatoms. The summed E-state index contributed by atoms with van der Waals surface area (Å²) in [4.78, 5) is 3.16. The summed E-state index contributed by atoms with van der Waals surface area (Å²) in [5.41, 5.74) is 2.64. The van der Waals surface area contributed by atoms with Crippen molar-refractivity contribution in [2.45, 2.75) is 34.1 Å². The molecule has 0 bridgehead atoms. The van der Waals surface area contributed by atoms with Gasteiger partial charge in [-0.25, -0.2) is 0 Å². The van der Waals surface area contributed by atoms with Crippen LogP contribution in [0.1, 0.15) is 32.0 Å². The van der Waals surface area contributed by atoms with Gasteiger partial charge in [0.15, 0.2) is 0 Å². The molecule has 0 unspecified atom stereocenters. The molecule has 0 amide bonds. The highest BCUT2D eigenvalue weighted by atomic mass is 14.7. The minimum Gasteiger partial charge on any atom is -0.365 e. The lowest BCUT2D eigenvalue weighted by molar-refractivity contribution is 1.06. The first kappa shape index (κ1) is 9.28. The molecule has 0 fully saturated rings. The van der Waals surface area contributed by atoms with Gasteiger partial charge in [0.2, 0.25) is 0 Å². The van der Waals surface area contributed by atoms with Crippen LogP contribution in [0, 0.1) is 6.92 Å². The maximum atomic E-state index is 3.16. The summed E-state index contributed by atoms with van der Waals surface area (Å²) < 4.78 is 0. The Morgan fingerprint density at radius 2 is 2.00 bits per heavy atom. The van der Waals surface area contributed by atoms with Crippen molar-refractivity contribution in [2.75, 3.05) is 0 Å². The molecule has 0 aliphatic heterocycles. The molecule has 0 saturated heterocycles. The molecule has 1 aromatic rings. The molecule has 58 valence electrons. The van der Waals surface area contributed by atoms with Crippen LogP contribution in [0.25, 0.3) is 0 Å². The third-order valence-electron chi connectivity index (χ3n) is 1.27. The molecule has 0 aliphatic rings. The van der Waals surface area contributed by atoms with Crippen LogP contribution in [0.3, 0.4) is 0 Å². The molecule has 1 heterocycles. The van der Waals surface area contributed by atoms with Crippen LogP contribution in [-0.2, 0) is 6.42 Å². The Kier molecular flexibility index (Phi) is 4.73. The molecule has 0 saturated carbocycles. The van der Waals surface area contributed by atoms with Gasteiger partial charge >= 0.3 is 0 Å². The molecule has 1 aromatic heterocycles. The topological polar surface area (TPSA) is 15.8 Å². The Hall–Kier alpha value is -0.720. The van der Waals surface area contributed by atoms with Crippen molar-refractivity contribution < 1.29 is 0 Å². The van der Waals surface area contributed by atoms with Gasteiger partial charge in [-0.2, -0.15) is 0 Å². The molecule has 1 nitrogen and oxygen atoms in total. The lowest BCUT2D eigenvalue weighted by Crippen LogP contribution is -1.73. The quantitative estimate of drug-likeness (QED) is 0.615. The third-order valence-corrected chi connectivity index (χ3v) is 1.27. The first-order valence-electron chi connectivity index (χ1n) is 3.97. The zero-order valence-electron chi connectivity index (χ0n) is 7.36. The van der Waals surface area contributed by atoms with Gasteiger partial charge in [0.05, 0.1) is 0 Å². The van der Waals surface area contributed by atoms with Crippen LogP contribution in [0.2, 0.25) is 0 Å². The van der Waals surface area contributed by atoms with Crippen molar-refractivity contribution in [2.24, 2.45) is 0 Å². The fraction of sp³-hybridized carbons (Fsp3) is 0.556. The van der Waals surface area contributed by atoms with E-state index >= 15 is 0 Å². The van der Waals surface area contributed by atoms with Crippen LogP contribution in [-0.4, -0.2) is 4.98 Å². The molecular weight excluding hydrogens is 122 g/mol. The first-order valence-corrected chi connectivity index (χ1v) is 3.97. The van der Waals surface area contributed by atoms with Crippen molar-refractivity contribution >= 4 is 0 Å². The van der Waals surface area contributed by atoms with E-state index < -0.39 is 0 Å². The van der Waals surface area contributed by atoms with Gasteiger partial charge in [0.1, 0.15) is 0 Å². The molecular formula is C9H17N. The van der Waals surface area contributed by atoms with Crippen molar-refractivity contribution in [3.63, 3.8) is 0 Å². The Balaban J connectivity index is 0.000000371. The van der Waals surface area contributed by atoms with Gasteiger partial charge in [-0.3, -0.25) is 0 Å². The lowest BCUT2D eigenvalue weighted by atomic mass is 10.3. The Labute approximate surface area is 63.5 Å². The standard InChI is InChI=1S/C7H11N.C2H6/c1-3-7-4-6(2)5-8-7;1-2/h4-5,8H,3H2,1-2H3;1-2H3. The summed E-state index contributed by atoms with van der Waals surface area (Å²) in [5, 5.41) is 0. The first-order chi connectivity index (χ1) is 4.83. The number of aromatic nitrogens is 1. The van der Waals surface area contributed by atoms with Gasteiger partial charge < -0.3 is 4.98 Å². The number of hydrogen-bond donors (Lipinski definition) is 1. The Bertz CT molecular complexity index is 165. The van der Waals surface area contributed by atoms with Crippen molar-refractivity contribution in [1.29, 1.82) is 0 Å². The largest absolute Gasteiger partial charge is 0.365 e. The maximum Gasteiger partial charge on any atom is 0.0147 e. The van der Waals surface area contributed by atoms with Crippen LogP contribution in [0.15, 0.2) is 12.3 Å². The maximum absolute atomic E-state index is 3.16. The molecule has 0 radical (unpaired) electrons. The minimum atomic E-state index is 1.10. The van der Waals surface area contributed by atoms with E-state index in [9.17, 15) is 0 Å². The number of nitrogens with one attached hydrogen (secondary N) is 1. The smallest absolute Gasteiger partial charge is 0.0147 e. The Morgan fingerprint density at radius 1 is 1.40 bits per heavy atom. The molecule has 0 aromatic carbocycles. The number of rotatable bonds is 1. The fourth-order valence-electron chi connectivity index (χ4n) is 0.769.